The van der Waals surface area contributed by atoms with Crippen molar-refractivity contribution in [1.29, 1.82) is 0 Å². The van der Waals surface area contributed by atoms with Crippen LogP contribution in [-0.4, -0.2) is 23.3 Å². The molecule has 1 amide bonds. The second-order valence-corrected chi connectivity index (χ2v) is 11.6. The maximum Gasteiger partial charge on any atom is 0.412 e. The van der Waals surface area contributed by atoms with Crippen molar-refractivity contribution >= 4 is 34.3 Å². The van der Waals surface area contributed by atoms with Crippen LogP contribution in [0.4, 0.5) is 14.9 Å². The number of carbonyl (C=O) groups excluding carboxylic acids is 3. The Labute approximate surface area is 239 Å². The highest BCUT2D eigenvalue weighted by Crippen LogP contribution is 2.37. The van der Waals surface area contributed by atoms with E-state index in [0.29, 0.717) is 57.0 Å². The standard InChI is InChI=1S/C34H36FNO5/c1-7-28(37)31-27-19-22(11-15-30(27)40-32(31)21-9-12-25(35)13-10-21)23-16-24(29(38)14-8-20(2)3)18-26(17-23)36-33(39)41-34(4,5)6/h9-13,15-20H,7-8,14H2,1-6H3,(H,36,39). The van der Waals surface area contributed by atoms with E-state index in [1.165, 1.54) is 12.1 Å². The SMILES string of the molecule is CCC(=O)c1c(-c2ccc(F)cc2)oc2ccc(-c3cc(NC(=O)OC(C)(C)C)cc(C(=O)CCC(C)C)c3)cc12. The van der Waals surface area contributed by atoms with E-state index in [4.69, 9.17) is 9.15 Å². The predicted molar refractivity (Wildman–Crippen MR) is 160 cm³/mol. The Kier molecular flexibility index (Phi) is 8.76. The van der Waals surface area contributed by atoms with E-state index in [-0.39, 0.29) is 23.8 Å². The van der Waals surface area contributed by atoms with Crippen LogP contribution < -0.4 is 5.32 Å². The molecule has 0 atom stereocenters. The lowest BCUT2D eigenvalue weighted by molar-refractivity contribution is 0.0635. The summed E-state index contributed by atoms with van der Waals surface area (Å²) >= 11 is 0. The maximum atomic E-state index is 13.6. The zero-order chi connectivity index (χ0) is 29.9. The first-order chi connectivity index (χ1) is 19.3. The molecular formula is C34H36FNO5. The summed E-state index contributed by atoms with van der Waals surface area (Å²) < 4.78 is 25.1. The minimum Gasteiger partial charge on any atom is -0.455 e. The van der Waals surface area contributed by atoms with Crippen LogP contribution in [0, 0.1) is 11.7 Å². The molecule has 4 aromatic rings. The zero-order valence-corrected chi connectivity index (χ0v) is 24.4. The smallest absolute Gasteiger partial charge is 0.412 e. The van der Waals surface area contributed by atoms with Gasteiger partial charge in [-0.3, -0.25) is 14.9 Å². The minimum atomic E-state index is -0.686. The van der Waals surface area contributed by atoms with Gasteiger partial charge in [0.05, 0.1) is 5.56 Å². The van der Waals surface area contributed by atoms with E-state index in [1.807, 2.05) is 12.1 Å². The molecule has 0 saturated heterocycles. The molecule has 0 aliphatic heterocycles. The summed E-state index contributed by atoms with van der Waals surface area (Å²) in [5.74, 6) is 0.237. The molecule has 0 aliphatic rings. The Bertz CT molecular complexity index is 1590. The van der Waals surface area contributed by atoms with Crippen LogP contribution in [0.2, 0.25) is 0 Å². The van der Waals surface area contributed by atoms with E-state index < -0.39 is 11.7 Å². The van der Waals surface area contributed by atoms with Gasteiger partial charge in [-0.1, -0.05) is 26.8 Å². The molecule has 0 fully saturated rings. The number of nitrogens with one attached hydrogen (secondary N) is 1. The van der Waals surface area contributed by atoms with Crippen molar-refractivity contribution in [3.63, 3.8) is 0 Å². The monoisotopic (exact) mass is 557 g/mol. The van der Waals surface area contributed by atoms with Crippen molar-refractivity contribution in [3.05, 3.63) is 77.6 Å². The topological polar surface area (TPSA) is 85.6 Å². The number of hydrogen-bond donors (Lipinski definition) is 1. The summed E-state index contributed by atoms with van der Waals surface area (Å²) in [6.45, 7) is 11.2. The number of benzene rings is 3. The number of anilines is 1. The van der Waals surface area contributed by atoms with Gasteiger partial charge >= 0.3 is 6.09 Å². The molecule has 1 N–H and O–H groups in total. The summed E-state index contributed by atoms with van der Waals surface area (Å²) in [5.41, 5.74) is 3.17. The largest absolute Gasteiger partial charge is 0.455 e. The fourth-order valence-electron chi connectivity index (χ4n) is 4.55. The van der Waals surface area contributed by atoms with Crippen LogP contribution in [0.25, 0.3) is 33.4 Å². The summed E-state index contributed by atoms with van der Waals surface area (Å²) in [6.07, 6.45) is 0.759. The van der Waals surface area contributed by atoms with E-state index in [2.05, 4.69) is 19.2 Å². The first-order valence-corrected chi connectivity index (χ1v) is 13.9. The normalized spacial score (nSPS) is 11.6. The Morgan fingerprint density at radius 1 is 0.902 bits per heavy atom. The Balaban J connectivity index is 1.83. The van der Waals surface area contributed by atoms with Crippen molar-refractivity contribution in [3.8, 4) is 22.5 Å². The minimum absolute atomic E-state index is 0.0300. The number of hydrogen-bond acceptors (Lipinski definition) is 5. The van der Waals surface area contributed by atoms with Crippen molar-refractivity contribution in [2.24, 2.45) is 5.92 Å². The molecule has 0 saturated carbocycles. The third-order valence-electron chi connectivity index (χ3n) is 6.58. The summed E-state index contributed by atoms with van der Waals surface area (Å²) in [7, 11) is 0. The highest BCUT2D eigenvalue weighted by atomic mass is 19.1. The molecule has 6 nitrogen and oxygen atoms in total. The number of fused-ring (bicyclic) bond motifs is 1. The van der Waals surface area contributed by atoms with Crippen LogP contribution in [0.3, 0.4) is 0 Å². The first-order valence-electron chi connectivity index (χ1n) is 13.9. The molecule has 0 spiro atoms. The third kappa shape index (κ3) is 7.28. The average molecular weight is 558 g/mol. The first kappa shape index (κ1) is 29.7. The van der Waals surface area contributed by atoms with Crippen LogP contribution >= 0.6 is 0 Å². The van der Waals surface area contributed by atoms with Gasteiger partial charge in [0.15, 0.2) is 11.6 Å². The second kappa shape index (κ2) is 12.1. The van der Waals surface area contributed by atoms with E-state index >= 15 is 0 Å². The van der Waals surface area contributed by atoms with Gasteiger partial charge in [0, 0.05) is 35.0 Å². The Morgan fingerprint density at radius 3 is 2.22 bits per heavy atom. The van der Waals surface area contributed by atoms with Crippen molar-refractivity contribution in [1.82, 2.24) is 0 Å². The molecule has 0 radical (unpaired) electrons. The van der Waals surface area contributed by atoms with Gasteiger partial charge in [-0.2, -0.15) is 0 Å². The number of amides is 1. The van der Waals surface area contributed by atoms with Gasteiger partial charge < -0.3 is 9.15 Å². The molecule has 41 heavy (non-hydrogen) atoms. The number of furan rings is 1. The fourth-order valence-corrected chi connectivity index (χ4v) is 4.55. The molecule has 214 valence electrons. The molecule has 0 aliphatic carbocycles. The number of Topliss-reactive ketones (excluding diaryl/α,β-unsaturated/α-hetero) is 2. The molecule has 4 rings (SSSR count). The third-order valence-corrected chi connectivity index (χ3v) is 6.58. The summed E-state index contributed by atoms with van der Waals surface area (Å²) in [6, 6.07) is 16.5. The number of halogens is 1. The predicted octanol–water partition coefficient (Wildman–Crippen LogP) is 9.46. The van der Waals surface area contributed by atoms with E-state index in [9.17, 15) is 18.8 Å². The lowest BCUT2D eigenvalue weighted by Crippen LogP contribution is -2.27. The second-order valence-electron chi connectivity index (χ2n) is 11.6. The van der Waals surface area contributed by atoms with Crippen LogP contribution in [0.15, 0.2) is 65.1 Å². The fraction of sp³-hybridized carbons (Fsp3) is 0.324. The molecule has 7 heteroatoms. The van der Waals surface area contributed by atoms with Gasteiger partial charge in [-0.25, -0.2) is 9.18 Å². The van der Waals surface area contributed by atoms with Crippen molar-refractivity contribution in [2.75, 3.05) is 5.32 Å². The number of rotatable bonds is 9. The molecular weight excluding hydrogens is 521 g/mol. The van der Waals surface area contributed by atoms with Gasteiger partial charge in [0.1, 0.15) is 22.8 Å². The van der Waals surface area contributed by atoms with Gasteiger partial charge in [-0.05, 0) is 98.8 Å². The van der Waals surface area contributed by atoms with Crippen molar-refractivity contribution in [2.45, 2.75) is 66.4 Å². The van der Waals surface area contributed by atoms with E-state index in [0.717, 1.165) is 12.0 Å². The van der Waals surface area contributed by atoms with Gasteiger partial charge in [0.25, 0.3) is 0 Å². The van der Waals surface area contributed by atoms with Crippen molar-refractivity contribution < 1.29 is 27.9 Å². The Hall–Kier alpha value is -4.26. The lowest BCUT2D eigenvalue weighted by Gasteiger charge is -2.20. The molecule has 0 unspecified atom stereocenters. The highest BCUT2D eigenvalue weighted by molar-refractivity contribution is 6.13. The highest BCUT2D eigenvalue weighted by Gasteiger charge is 2.22. The molecule has 0 bridgehead atoms. The molecule has 1 heterocycles. The Morgan fingerprint density at radius 2 is 1.59 bits per heavy atom. The number of carbonyl (C=O) groups is 3. The maximum absolute atomic E-state index is 13.6. The molecule has 3 aromatic carbocycles. The van der Waals surface area contributed by atoms with Gasteiger partial charge in [-0.15, -0.1) is 0 Å². The van der Waals surface area contributed by atoms with Crippen LogP contribution in [-0.2, 0) is 4.74 Å². The molecule has 1 aromatic heterocycles. The van der Waals surface area contributed by atoms with Gasteiger partial charge in [0.2, 0.25) is 0 Å². The quantitative estimate of drug-likeness (QED) is 0.207. The summed E-state index contributed by atoms with van der Waals surface area (Å²) in [4.78, 5) is 38.8. The van der Waals surface area contributed by atoms with Crippen LogP contribution in [0.5, 0.6) is 0 Å². The number of ether oxygens (including phenoxy) is 1. The summed E-state index contributed by atoms with van der Waals surface area (Å²) in [5, 5.41) is 3.38. The van der Waals surface area contributed by atoms with E-state index in [1.54, 1.807) is 64.1 Å². The zero-order valence-electron chi connectivity index (χ0n) is 24.4. The average Bonchev–Trinajstić information content (AvgIpc) is 3.29. The number of ketones is 2. The lowest BCUT2D eigenvalue weighted by atomic mass is 9.95. The van der Waals surface area contributed by atoms with Crippen LogP contribution in [0.1, 0.15) is 81.5 Å².